The summed E-state index contributed by atoms with van der Waals surface area (Å²) in [7, 11) is 1.69. The first-order chi connectivity index (χ1) is 14.2. The number of fused-ring (bicyclic) bond motifs is 3. The van der Waals surface area contributed by atoms with E-state index in [4.69, 9.17) is 9.47 Å². The van der Waals surface area contributed by atoms with E-state index in [9.17, 15) is 4.79 Å². The van der Waals surface area contributed by atoms with E-state index in [1.165, 1.54) is 10.9 Å². The summed E-state index contributed by atoms with van der Waals surface area (Å²) in [5, 5.41) is 4.82. The summed E-state index contributed by atoms with van der Waals surface area (Å²) < 4.78 is 11.2. The van der Waals surface area contributed by atoms with Crippen molar-refractivity contribution in [3.63, 3.8) is 0 Å². The monoisotopic (exact) mass is 390 g/mol. The zero-order valence-electron chi connectivity index (χ0n) is 16.7. The Morgan fingerprint density at radius 3 is 2.72 bits per heavy atom. The van der Waals surface area contributed by atoms with Gasteiger partial charge in [0.25, 0.3) is 0 Å². The Hall–Kier alpha value is -2.79. The normalized spacial score (nSPS) is 20.0. The maximum atomic E-state index is 13.2. The minimum absolute atomic E-state index is 0.0401. The fraction of sp³-hybridized carbons (Fsp3) is 0.375. The van der Waals surface area contributed by atoms with E-state index in [-0.39, 0.29) is 12.0 Å². The number of carbonyl (C=O) groups is 1. The van der Waals surface area contributed by atoms with Crippen LogP contribution in [0.5, 0.6) is 5.75 Å². The van der Waals surface area contributed by atoms with Crippen molar-refractivity contribution in [2.24, 2.45) is 5.41 Å². The molecule has 0 radical (unpaired) electrons. The molecule has 1 aliphatic heterocycles. The van der Waals surface area contributed by atoms with E-state index < -0.39 is 5.41 Å². The van der Waals surface area contributed by atoms with E-state index in [1.807, 2.05) is 36.4 Å². The number of H-pyrrole nitrogens is 1. The lowest BCUT2D eigenvalue weighted by Gasteiger charge is -2.46. The number of ether oxygens (including phenoxy) is 2. The first kappa shape index (κ1) is 18.3. The number of benzene rings is 2. The number of methoxy groups -OCH3 is 1. The second-order valence-electron chi connectivity index (χ2n) is 8.14. The highest BCUT2D eigenvalue weighted by atomic mass is 16.5. The van der Waals surface area contributed by atoms with Gasteiger partial charge >= 0.3 is 5.97 Å². The van der Waals surface area contributed by atoms with Crippen molar-refractivity contribution in [2.45, 2.75) is 38.3 Å². The lowest BCUT2D eigenvalue weighted by Crippen LogP contribution is -2.51. The van der Waals surface area contributed by atoms with Gasteiger partial charge in [-0.3, -0.25) is 4.79 Å². The van der Waals surface area contributed by atoms with Crippen LogP contribution in [0.2, 0.25) is 0 Å². The summed E-state index contributed by atoms with van der Waals surface area (Å²) in [6, 6.07) is 16.0. The SMILES string of the molecule is COc1ccc2[nH]c3c(c2c1)CCNC3C1(C(=O)OCc2ccccc2)CCC1. The van der Waals surface area contributed by atoms with Gasteiger partial charge in [-0.05, 0) is 55.1 Å². The lowest BCUT2D eigenvalue weighted by molar-refractivity contribution is -0.166. The van der Waals surface area contributed by atoms with E-state index >= 15 is 0 Å². The number of hydrogen-bond donors (Lipinski definition) is 2. The van der Waals surface area contributed by atoms with Crippen LogP contribution in [0.1, 0.15) is 42.1 Å². The summed E-state index contributed by atoms with van der Waals surface area (Å²) in [5.74, 6) is 0.768. The minimum Gasteiger partial charge on any atom is -0.497 e. The molecule has 5 rings (SSSR count). The Kier molecular flexibility index (Phi) is 4.55. The van der Waals surface area contributed by atoms with Gasteiger partial charge in [-0.1, -0.05) is 36.8 Å². The number of aromatic nitrogens is 1. The van der Waals surface area contributed by atoms with Crippen LogP contribution < -0.4 is 10.1 Å². The molecule has 0 bridgehead atoms. The van der Waals surface area contributed by atoms with Crippen LogP contribution in [0.4, 0.5) is 0 Å². The van der Waals surface area contributed by atoms with E-state index in [0.29, 0.717) is 6.61 Å². The Morgan fingerprint density at radius 1 is 1.17 bits per heavy atom. The van der Waals surface area contributed by atoms with Crippen molar-refractivity contribution in [2.75, 3.05) is 13.7 Å². The van der Waals surface area contributed by atoms with E-state index in [0.717, 1.165) is 54.8 Å². The minimum atomic E-state index is -0.491. The zero-order chi connectivity index (χ0) is 19.8. The molecule has 1 fully saturated rings. The smallest absolute Gasteiger partial charge is 0.314 e. The van der Waals surface area contributed by atoms with Crippen LogP contribution in [-0.2, 0) is 22.6 Å². The predicted molar refractivity (Wildman–Crippen MR) is 112 cm³/mol. The molecule has 2 N–H and O–H groups in total. The van der Waals surface area contributed by atoms with Crippen LogP contribution in [0.15, 0.2) is 48.5 Å². The molecule has 2 heterocycles. The van der Waals surface area contributed by atoms with Crippen LogP contribution in [0.25, 0.3) is 10.9 Å². The molecule has 1 aromatic heterocycles. The molecular formula is C24H26N2O3. The number of nitrogens with one attached hydrogen (secondary N) is 2. The summed E-state index contributed by atoms with van der Waals surface area (Å²) >= 11 is 0. The third-order valence-electron chi connectivity index (χ3n) is 6.58. The molecule has 3 aromatic rings. The van der Waals surface area contributed by atoms with Crippen molar-refractivity contribution in [1.82, 2.24) is 10.3 Å². The Labute approximate surface area is 170 Å². The van der Waals surface area contributed by atoms with Gasteiger partial charge in [0.15, 0.2) is 0 Å². The van der Waals surface area contributed by atoms with Gasteiger partial charge in [-0.15, -0.1) is 0 Å². The van der Waals surface area contributed by atoms with Gasteiger partial charge in [0.1, 0.15) is 12.4 Å². The first-order valence-corrected chi connectivity index (χ1v) is 10.3. The number of carbonyl (C=O) groups excluding carboxylic acids is 1. The maximum Gasteiger partial charge on any atom is 0.314 e. The highest BCUT2D eigenvalue weighted by Gasteiger charge is 2.53. The molecule has 0 amide bonds. The summed E-state index contributed by atoms with van der Waals surface area (Å²) in [6.45, 7) is 1.18. The van der Waals surface area contributed by atoms with Crippen LogP contribution >= 0.6 is 0 Å². The fourth-order valence-corrected chi connectivity index (χ4v) is 4.84. The van der Waals surface area contributed by atoms with Crippen molar-refractivity contribution < 1.29 is 14.3 Å². The lowest BCUT2D eigenvalue weighted by atomic mass is 9.62. The van der Waals surface area contributed by atoms with Crippen molar-refractivity contribution in [3.8, 4) is 5.75 Å². The Balaban J connectivity index is 1.46. The molecule has 5 nitrogen and oxygen atoms in total. The molecule has 0 saturated heterocycles. The van der Waals surface area contributed by atoms with Crippen molar-refractivity contribution in [3.05, 3.63) is 65.4 Å². The number of hydrogen-bond acceptors (Lipinski definition) is 4. The van der Waals surface area contributed by atoms with Gasteiger partial charge in [0.05, 0.1) is 18.6 Å². The molecule has 150 valence electrons. The number of rotatable bonds is 5. The molecule has 1 unspecified atom stereocenters. The Bertz CT molecular complexity index is 1040. The average molecular weight is 390 g/mol. The molecule has 1 atom stereocenters. The molecule has 5 heteroatoms. The quantitative estimate of drug-likeness (QED) is 0.639. The summed E-state index contributed by atoms with van der Waals surface area (Å²) in [4.78, 5) is 16.8. The molecule has 2 aromatic carbocycles. The first-order valence-electron chi connectivity index (χ1n) is 10.3. The predicted octanol–water partition coefficient (Wildman–Crippen LogP) is 4.28. The standard InChI is InChI=1S/C24H26N2O3/c1-28-17-8-9-20-19(14-17)18-10-13-25-22(21(18)26-20)24(11-5-12-24)23(27)29-15-16-6-3-2-4-7-16/h2-4,6-9,14,22,25-26H,5,10-13,15H2,1H3. The van der Waals surface area contributed by atoms with E-state index in [2.05, 4.69) is 22.4 Å². The largest absolute Gasteiger partial charge is 0.497 e. The molecule has 1 saturated carbocycles. The van der Waals surface area contributed by atoms with Gasteiger partial charge in [0.2, 0.25) is 0 Å². The molecule has 0 spiro atoms. The van der Waals surface area contributed by atoms with Gasteiger partial charge < -0.3 is 19.8 Å². The second-order valence-corrected chi connectivity index (χ2v) is 8.14. The van der Waals surface area contributed by atoms with Gasteiger partial charge in [0, 0.05) is 16.6 Å². The maximum absolute atomic E-state index is 13.2. The van der Waals surface area contributed by atoms with Crippen LogP contribution in [-0.4, -0.2) is 24.6 Å². The third-order valence-corrected chi connectivity index (χ3v) is 6.58. The highest BCUT2D eigenvalue weighted by molar-refractivity contribution is 5.87. The fourth-order valence-electron chi connectivity index (χ4n) is 4.84. The van der Waals surface area contributed by atoms with Gasteiger partial charge in [-0.25, -0.2) is 0 Å². The molecule has 29 heavy (non-hydrogen) atoms. The molecule has 1 aliphatic carbocycles. The molecule has 2 aliphatic rings. The van der Waals surface area contributed by atoms with Crippen LogP contribution in [0.3, 0.4) is 0 Å². The number of esters is 1. The van der Waals surface area contributed by atoms with Gasteiger partial charge in [-0.2, -0.15) is 0 Å². The Morgan fingerprint density at radius 2 is 2.00 bits per heavy atom. The van der Waals surface area contributed by atoms with Crippen LogP contribution in [0, 0.1) is 5.41 Å². The van der Waals surface area contributed by atoms with Crippen molar-refractivity contribution >= 4 is 16.9 Å². The highest BCUT2D eigenvalue weighted by Crippen LogP contribution is 2.53. The van der Waals surface area contributed by atoms with E-state index in [1.54, 1.807) is 7.11 Å². The zero-order valence-corrected chi connectivity index (χ0v) is 16.7. The average Bonchev–Trinajstić information content (AvgIpc) is 3.11. The summed E-state index contributed by atoms with van der Waals surface area (Å²) in [6.07, 6.45) is 3.71. The summed E-state index contributed by atoms with van der Waals surface area (Å²) in [5.41, 5.74) is 4.05. The number of aromatic amines is 1. The third kappa shape index (κ3) is 3.01. The second kappa shape index (κ2) is 7.23. The molecular weight excluding hydrogens is 364 g/mol. The van der Waals surface area contributed by atoms with Crippen molar-refractivity contribution in [1.29, 1.82) is 0 Å². The topological polar surface area (TPSA) is 63.3 Å².